The lowest BCUT2D eigenvalue weighted by molar-refractivity contribution is 1.25. The predicted molar refractivity (Wildman–Crippen MR) is 145 cm³/mol. The molecule has 0 N–H and O–H groups in total. The molecule has 2 aliphatic rings. The molecule has 34 heavy (non-hydrogen) atoms. The van der Waals surface area contributed by atoms with E-state index in [1.54, 1.807) is 0 Å². The molecule has 6 aromatic rings. The summed E-state index contributed by atoms with van der Waals surface area (Å²) < 4.78 is 2.60. The third-order valence-corrected chi connectivity index (χ3v) is 7.58. The maximum absolute atomic E-state index is 2.60. The first-order valence-corrected chi connectivity index (χ1v) is 11.9. The summed E-state index contributed by atoms with van der Waals surface area (Å²) in [6, 6.07) is 40.1. The van der Waals surface area contributed by atoms with E-state index in [0.717, 1.165) is 0 Å². The van der Waals surface area contributed by atoms with Gasteiger partial charge in [0.25, 0.3) is 0 Å². The van der Waals surface area contributed by atoms with E-state index < -0.39 is 0 Å². The van der Waals surface area contributed by atoms with Crippen LogP contribution in [0.5, 0.6) is 0 Å². The quantitative estimate of drug-likeness (QED) is 0.268. The Balaban J connectivity index is 1.59. The molecule has 1 aromatic heterocycles. The molecule has 3 heterocycles. The second kappa shape index (κ2) is 6.42. The van der Waals surface area contributed by atoms with Crippen molar-refractivity contribution in [3.05, 3.63) is 115 Å². The van der Waals surface area contributed by atoms with E-state index >= 15 is 0 Å². The zero-order valence-electron chi connectivity index (χ0n) is 18.9. The van der Waals surface area contributed by atoms with E-state index in [1.807, 2.05) is 0 Å². The largest absolute Gasteiger partial charge is 0.375 e. The standard InChI is InChI=1S/C31H21BN2/c1-20-18-24-22-12-5-7-15-27(22)34-31(24)25(19-20)23-13-9-17-29-30(23)32(34)26-14-6-8-16-28(26)33(29)21-10-3-2-4-11-21/h2-19H,1H3. The normalized spacial score (nSPS) is 13.3. The van der Waals surface area contributed by atoms with Gasteiger partial charge in [-0.2, -0.15) is 0 Å². The van der Waals surface area contributed by atoms with Crippen LogP contribution in [-0.4, -0.2) is 11.3 Å². The second-order valence-electron chi connectivity index (χ2n) is 9.47. The summed E-state index contributed by atoms with van der Waals surface area (Å²) in [4.78, 5) is 2.44. The molecule has 0 saturated carbocycles. The van der Waals surface area contributed by atoms with Gasteiger partial charge in [-0.1, -0.05) is 66.7 Å². The fraction of sp³-hybridized carbons (Fsp3) is 0.0323. The highest BCUT2D eigenvalue weighted by molar-refractivity contribution is 6.90. The van der Waals surface area contributed by atoms with Gasteiger partial charge in [0, 0.05) is 44.4 Å². The highest BCUT2D eigenvalue weighted by Crippen LogP contribution is 2.44. The van der Waals surface area contributed by atoms with Crippen LogP contribution < -0.4 is 15.8 Å². The lowest BCUT2D eigenvalue weighted by Crippen LogP contribution is -2.56. The molecule has 0 fully saturated rings. The van der Waals surface area contributed by atoms with Crippen molar-refractivity contribution in [1.29, 1.82) is 0 Å². The fourth-order valence-corrected chi connectivity index (χ4v) is 6.35. The Hall–Kier alpha value is -4.24. The van der Waals surface area contributed by atoms with Crippen LogP contribution in [0.2, 0.25) is 0 Å². The molecule has 158 valence electrons. The third-order valence-electron chi connectivity index (χ3n) is 7.58. The molecule has 2 aliphatic heterocycles. The summed E-state index contributed by atoms with van der Waals surface area (Å²) in [6.07, 6.45) is 0. The van der Waals surface area contributed by atoms with E-state index in [0.29, 0.717) is 0 Å². The number of para-hydroxylation sites is 3. The van der Waals surface area contributed by atoms with Gasteiger partial charge in [0.15, 0.2) is 0 Å². The number of nitrogens with zero attached hydrogens (tertiary/aromatic N) is 2. The molecule has 0 bridgehead atoms. The predicted octanol–water partition coefficient (Wildman–Crippen LogP) is 6.52. The van der Waals surface area contributed by atoms with Gasteiger partial charge in [-0.15, -0.1) is 0 Å². The highest BCUT2D eigenvalue weighted by atomic mass is 15.2. The van der Waals surface area contributed by atoms with Crippen LogP contribution in [0.3, 0.4) is 0 Å². The van der Waals surface area contributed by atoms with Gasteiger partial charge in [0.1, 0.15) is 0 Å². The van der Waals surface area contributed by atoms with Gasteiger partial charge in [0.2, 0.25) is 0 Å². The van der Waals surface area contributed by atoms with Crippen molar-refractivity contribution in [3.8, 4) is 11.1 Å². The van der Waals surface area contributed by atoms with Crippen molar-refractivity contribution in [2.24, 2.45) is 0 Å². The molecule has 0 atom stereocenters. The zero-order chi connectivity index (χ0) is 22.4. The minimum absolute atomic E-state index is 0.139. The van der Waals surface area contributed by atoms with Gasteiger partial charge in [-0.3, -0.25) is 0 Å². The Morgan fingerprint density at radius 2 is 1.38 bits per heavy atom. The molecule has 3 heteroatoms. The van der Waals surface area contributed by atoms with E-state index in [4.69, 9.17) is 0 Å². The van der Waals surface area contributed by atoms with Crippen molar-refractivity contribution in [2.45, 2.75) is 6.92 Å². The third kappa shape index (κ3) is 2.17. The summed E-state index contributed by atoms with van der Waals surface area (Å²) in [7, 11) is 0. The van der Waals surface area contributed by atoms with Crippen LogP contribution in [0.15, 0.2) is 109 Å². The Morgan fingerprint density at radius 3 is 2.29 bits per heavy atom. The zero-order valence-corrected chi connectivity index (χ0v) is 18.9. The maximum atomic E-state index is 2.60. The SMILES string of the molecule is Cc1cc2c3c(c1)c1ccccc1n3B1c3ccccc3N(c3ccccc3)c3cccc-2c31. The van der Waals surface area contributed by atoms with Crippen molar-refractivity contribution < 1.29 is 0 Å². The molecule has 0 amide bonds. The lowest BCUT2D eigenvalue weighted by Gasteiger charge is -2.40. The van der Waals surface area contributed by atoms with Crippen LogP contribution in [0.4, 0.5) is 17.1 Å². The summed E-state index contributed by atoms with van der Waals surface area (Å²) >= 11 is 0. The molecule has 0 spiro atoms. The number of anilines is 3. The van der Waals surface area contributed by atoms with E-state index in [2.05, 4.69) is 125 Å². The molecule has 0 radical (unpaired) electrons. The molecule has 0 aliphatic carbocycles. The van der Waals surface area contributed by atoms with Crippen molar-refractivity contribution in [1.82, 2.24) is 4.48 Å². The monoisotopic (exact) mass is 432 g/mol. The van der Waals surface area contributed by atoms with E-state index in [-0.39, 0.29) is 6.85 Å². The molecule has 5 aromatic carbocycles. The number of aryl methyl sites for hydroxylation is 1. The van der Waals surface area contributed by atoms with Crippen molar-refractivity contribution in [3.63, 3.8) is 0 Å². The summed E-state index contributed by atoms with van der Waals surface area (Å²) in [5.41, 5.74) is 13.1. The Bertz CT molecular complexity index is 1780. The maximum Gasteiger partial charge on any atom is 0.333 e. The minimum atomic E-state index is 0.139. The van der Waals surface area contributed by atoms with Gasteiger partial charge in [0.05, 0.1) is 0 Å². The van der Waals surface area contributed by atoms with Gasteiger partial charge >= 0.3 is 6.85 Å². The summed E-state index contributed by atoms with van der Waals surface area (Å²) in [6.45, 7) is 2.36. The number of fused-ring (bicyclic) bond motifs is 7. The first-order valence-electron chi connectivity index (χ1n) is 11.9. The van der Waals surface area contributed by atoms with Crippen LogP contribution in [0.25, 0.3) is 32.9 Å². The average Bonchev–Trinajstić information content (AvgIpc) is 3.21. The minimum Gasteiger partial charge on any atom is -0.375 e. The van der Waals surface area contributed by atoms with Gasteiger partial charge in [-0.05, 0) is 71.4 Å². The van der Waals surface area contributed by atoms with Crippen LogP contribution in [-0.2, 0) is 0 Å². The van der Waals surface area contributed by atoms with Gasteiger partial charge < -0.3 is 9.38 Å². The number of hydrogen-bond acceptors (Lipinski definition) is 1. The lowest BCUT2D eigenvalue weighted by atomic mass is 9.45. The van der Waals surface area contributed by atoms with Crippen molar-refractivity contribution in [2.75, 3.05) is 4.90 Å². The number of rotatable bonds is 1. The number of aromatic nitrogens is 1. The molecule has 0 unspecified atom stereocenters. The summed E-state index contributed by atoms with van der Waals surface area (Å²) in [5, 5.41) is 2.68. The molecule has 0 saturated heterocycles. The van der Waals surface area contributed by atoms with Crippen LogP contribution >= 0.6 is 0 Å². The van der Waals surface area contributed by atoms with E-state index in [1.165, 1.54) is 66.5 Å². The fourth-order valence-electron chi connectivity index (χ4n) is 6.35. The van der Waals surface area contributed by atoms with Crippen LogP contribution in [0, 0.1) is 6.92 Å². The van der Waals surface area contributed by atoms with Gasteiger partial charge in [-0.25, -0.2) is 0 Å². The Labute approximate surface area is 198 Å². The Kier molecular flexibility index (Phi) is 3.44. The molecule has 8 rings (SSSR count). The van der Waals surface area contributed by atoms with Crippen LogP contribution in [0.1, 0.15) is 5.56 Å². The molecular formula is C31H21BN2. The Morgan fingerprint density at radius 1 is 0.618 bits per heavy atom. The first-order chi connectivity index (χ1) is 16.8. The first kappa shape index (κ1) is 18.2. The second-order valence-corrected chi connectivity index (χ2v) is 9.47. The smallest absolute Gasteiger partial charge is 0.333 e. The average molecular weight is 432 g/mol. The van der Waals surface area contributed by atoms with E-state index in [9.17, 15) is 0 Å². The molecular weight excluding hydrogens is 411 g/mol. The van der Waals surface area contributed by atoms with Crippen molar-refractivity contribution >= 4 is 56.6 Å². The number of benzene rings is 5. The number of hydrogen-bond donors (Lipinski definition) is 0. The highest BCUT2D eigenvalue weighted by Gasteiger charge is 2.42. The summed E-state index contributed by atoms with van der Waals surface area (Å²) in [5.74, 6) is 0. The topological polar surface area (TPSA) is 8.17 Å². The molecule has 2 nitrogen and oxygen atoms in total.